The van der Waals surface area contributed by atoms with E-state index >= 15 is 0 Å². The van der Waals surface area contributed by atoms with Gasteiger partial charge in [0.2, 0.25) is 5.13 Å². The predicted octanol–water partition coefficient (Wildman–Crippen LogP) is 3.49. The number of nitrogens with zero attached hydrogens (tertiary/aromatic N) is 2. The molecule has 2 atom stereocenters. The standard InChI is InChI=1S/C19H20N4O2S/c1-13(14-8-4-2-5-9-14)16(12-24)20-18(25)22-19-21-17(23-26-19)15-10-6-3-7-11-15/h2-11,13,16,24H,12H2,1H3,(H2,20,21,22,23,25)/t13-,16+/m0/s1. The molecular formula is C19H20N4O2S. The Balaban J connectivity index is 1.62. The lowest BCUT2D eigenvalue weighted by atomic mass is 9.94. The number of anilines is 1. The van der Waals surface area contributed by atoms with Gasteiger partial charge in [0.1, 0.15) is 0 Å². The molecule has 0 saturated carbocycles. The van der Waals surface area contributed by atoms with Crippen molar-refractivity contribution in [3.63, 3.8) is 0 Å². The monoisotopic (exact) mass is 368 g/mol. The molecule has 6 nitrogen and oxygen atoms in total. The molecule has 0 saturated heterocycles. The summed E-state index contributed by atoms with van der Waals surface area (Å²) in [6.45, 7) is 1.81. The number of nitrogens with one attached hydrogen (secondary N) is 2. The highest BCUT2D eigenvalue weighted by molar-refractivity contribution is 7.10. The van der Waals surface area contributed by atoms with Gasteiger partial charge >= 0.3 is 6.03 Å². The van der Waals surface area contributed by atoms with Crippen LogP contribution in [0.25, 0.3) is 11.4 Å². The molecule has 0 radical (unpaired) electrons. The van der Waals surface area contributed by atoms with Crippen LogP contribution in [0.5, 0.6) is 0 Å². The first kappa shape index (κ1) is 18.0. The second-order valence-electron chi connectivity index (χ2n) is 5.88. The Bertz CT molecular complexity index is 839. The SMILES string of the molecule is C[C@@H](c1ccccc1)[C@@H](CO)NC(=O)Nc1nc(-c2ccccc2)ns1. The summed E-state index contributed by atoms with van der Waals surface area (Å²) >= 11 is 1.12. The molecule has 2 aromatic carbocycles. The number of aliphatic hydroxyl groups excluding tert-OH is 1. The quantitative estimate of drug-likeness (QED) is 0.621. The minimum Gasteiger partial charge on any atom is -0.394 e. The number of aliphatic hydroxyl groups is 1. The molecule has 1 heterocycles. The first-order valence-corrected chi connectivity index (χ1v) is 9.07. The van der Waals surface area contributed by atoms with Crippen LogP contribution in [0.15, 0.2) is 60.7 Å². The summed E-state index contributed by atoms with van der Waals surface area (Å²) in [4.78, 5) is 16.6. The molecule has 7 heteroatoms. The third-order valence-corrected chi connectivity index (χ3v) is 4.75. The first-order valence-electron chi connectivity index (χ1n) is 8.30. The summed E-state index contributed by atoms with van der Waals surface area (Å²) < 4.78 is 4.26. The molecule has 0 unspecified atom stereocenters. The maximum absolute atomic E-state index is 12.3. The molecule has 134 valence electrons. The van der Waals surface area contributed by atoms with E-state index in [2.05, 4.69) is 20.0 Å². The Morgan fingerprint density at radius 1 is 1.12 bits per heavy atom. The normalized spacial score (nSPS) is 13.0. The molecular weight excluding hydrogens is 348 g/mol. The second kappa shape index (κ2) is 8.55. The predicted molar refractivity (Wildman–Crippen MR) is 103 cm³/mol. The highest BCUT2D eigenvalue weighted by atomic mass is 32.1. The summed E-state index contributed by atoms with van der Waals surface area (Å²) in [6.07, 6.45) is 0. The van der Waals surface area contributed by atoms with E-state index in [1.165, 1.54) is 0 Å². The highest BCUT2D eigenvalue weighted by Crippen LogP contribution is 2.21. The van der Waals surface area contributed by atoms with Crippen LogP contribution < -0.4 is 10.6 Å². The molecule has 3 N–H and O–H groups in total. The average Bonchev–Trinajstić information content (AvgIpc) is 3.15. The molecule has 0 fully saturated rings. The molecule has 0 bridgehead atoms. The van der Waals surface area contributed by atoms with Crippen molar-refractivity contribution in [2.45, 2.75) is 18.9 Å². The van der Waals surface area contributed by atoms with E-state index < -0.39 is 12.1 Å². The number of amides is 2. The summed E-state index contributed by atoms with van der Waals surface area (Å²) in [5.41, 5.74) is 1.94. The lowest BCUT2D eigenvalue weighted by molar-refractivity contribution is 0.215. The van der Waals surface area contributed by atoms with Crippen molar-refractivity contribution in [3.8, 4) is 11.4 Å². The lowest BCUT2D eigenvalue weighted by Crippen LogP contribution is -2.43. The largest absolute Gasteiger partial charge is 0.394 e. The number of carbonyl (C=O) groups excluding carboxylic acids is 1. The zero-order valence-corrected chi connectivity index (χ0v) is 15.1. The number of hydrogen-bond donors (Lipinski definition) is 3. The van der Waals surface area contributed by atoms with Crippen LogP contribution in [0.1, 0.15) is 18.4 Å². The van der Waals surface area contributed by atoms with Gasteiger partial charge < -0.3 is 10.4 Å². The van der Waals surface area contributed by atoms with Gasteiger partial charge in [0.25, 0.3) is 0 Å². The fourth-order valence-electron chi connectivity index (χ4n) is 2.60. The van der Waals surface area contributed by atoms with Gasteiger partial charge in [-0.25, -0.2) is 4.79 Å². The van der Waals surface area contributed by atoms with Gasteiger partial charge in [-0.1, -0.05) is 67.6 Å². The molecule has 3 rings (SSSR count). The van der Waals surface area contributed by atoms with Crippen molar-refractivity contribution in [3.05, 3.63) is 66.2 Å². The fraction of sp³-hybridized carbons (Fsp3) is 0.211. The molecule has 3 aromatic rings. The molecule has 0 aliphatic rings. The third kappa shape index (κ3) is 4.44. The van der Waals surface area contributed by atoms with Crippen molar-refractivity contribution in [2.75, 3.05) is 11.9 Å². The van der Waals surface area contributed by atoms with Crippen LogP contribution >= 0.6 is 11.5 Å². The van der Waals surface area contributed by atoms with Crippen molar-refractivity contribution in [1.82, 2.24) is 14.7 Å². The van der Waals surface area contributed by atoms with E-state index in [9.17, 15) is 9.90 Å². The molecule has 0 aliphatic carbocycles. The van der Waals surface area contributed by atoms with Crippen molar-refractivity contribution >= 4 is 22.7 Å². The van der Waals surface area contributed by atoms with E-state index in [1.807, 2.05) is 67.6 Å². The number of hydrogen-bond acceptors (Lipinski definition) is 5. The number of benzene rings is 2. The van der Waals surface area contributed by atoms with Crippen LogP contribution in [0.2, 0.25) is 0 Å². The van der Waals surface area contributed by atoms with Crippen LogP contribution in [-0.2, 0) is 0 Å². The van der Waals surface area contributed by atoms with E-state index in [-0.39, 0.29) is 12.5 Å². The van der Waals surface area contributed by atoms with Crippen molar-refractivity contribution in [2.24, 2.45) is 0 Å². The van der Waals surface area contributed by atoms with Gasteiger partial charge in [0.05, 0.1) is 12.6 Å². The average molecular weight is 368 g/mol. The maximum atomic E-state index is 12.3. The van der Waals surface area contributed by atoms with E-state index in [0.717, 1.165) is 22.7 Å². The van der Waals surface area contributed by atoms with Crippen molar-refractivity contribution in [1.29, 1.82) is 0 Å². The summed E-state index contributed by atoms with van der Waals surface area (Å²) in [5.74, 6) is 0.545. The molecule has 0 spiro atoms. The van der Waals surface area contributed by atoms with Crippen LogP contribution in [0, 0.1) is 0 Å². The minimum atomic E-state index is -0.414. The van der Waals surface area contributed by atoms with Crippen LogP contribution in [-0.4, -0.2) is 33.1 Å². The molecule has 26 heavy (non-hydrogen) atoms. The Kier molecular flexibility index (Phi) is 5.93. The smallest absolute Gasteiger partial charge is 0.321 e. The van der Waals surface area contributed by atoms with Gasteiger partial charge in [0.15, 0.2) is 5.82 Å². The van der Waals surface area contributed by atoms with Gasteiger partial charge in [0, 0.05) is 23.0 Å². The fourth-order valence-corrected chi connectivity index (χ4v) is 3.18. The first-order chi connectivity index (χ1) is 12.7. The van der Waals surface area contributed by atoms with Gasteiger partial charge in [-0.2, -0.15) is 9.36 Å². The summed E-state index contributed by atoms with van der Waals surface area (Å²) in [6, 6.07) is 18.5. The zero-order chi connectivity index (χ0) is 18.4. The second-order valence-corrected chi connectivity index (χ2v) is 6.63. The van der Waals surface area contributed by atoms with Gasteiger partial charge in [-0.15, -0.1) is 0 Å². The third-order valence-electron chi connectivity index (χ3n) is 4.12. The van der Waals surface area contributed by atoms with Gasteiger partial charge in [-0.05, 0) is 5.56 Å². The van der Waals surface area contributed by atoms with Crippen LogP contribution in [0.3, 0.4) is 0 Å². The maximum Gasteiger partial charge on any atom is 0.321 e. The van der Waals surface area contributed by atoms with E-state index in [1.54, 1.807) is 0 Å². The van der Waals surface area contributed by atoms with Crippen LogP contribution in [0.4, 0.5) is 9.93 Å². The zero-order valence-electron chi connectivity index (χ0n) is 14.3. The van der Waals surface area contributed by atoms with E-state index in [0.29, 0.717) is 11.0 Å². The lowest BCUT2D eigenvalue weighted by Gasteiger charge is -2.23. The Labute approximate surface area is 156 Å². The Morgan fingerprint density at radius 3 is 2.42 bits per heavy atom. The minimum absolute atomic E-state index is 0.0266. The highest BCUT2D eigenvalue weighted by Gasteiger charge is 2.21. The Morgan fingerprint density at radius 2 is 1.77 bits per heavy atom. The topological polar surface area (TPSA) is 87.1 Å². The number of rotatable bonds is 6. The number of aromatic nitrogens is 2. The van der Waals surface area contributed by atoms with E-state index in [4.69, 9.17) is 0 Å². The summed E-state index contributed by atoms with van der Waals surface area (Å²) in [7, 11) is 0. The number of carbonyl (C=O) groups is 1. The molecule has 0 aliphatic heterocycles. The van der Waals surface area contributed by atoms with Crippen molar-refractivity contribution < 1.29 is 9.90 Å². The number of urea groups is 1. The Hall–Kier alpha value is -2.77. The molecule has 2 amide bonds. The molecule has 1 aromatic heterocycles. The summed E-state index contributed by atoms with van der Waals surface area (Å²) in [5, 5.41) is 15.6. The van der Waals surface area contributed by atoms with Gasteiger partial charge in [-0.3, -0.25) is 5.32 Å².